The molecule has 2 aromatic rings. The molecule has 0 N–H and O–H groups in total. The number of nitrogens with zero attached hydrogens (tertiary/aromatic N) is 3. The zero-order chi connectivity index (χ0) is 14.8. The molecule has 21 heavy (non-hydrogen) atoms. The molecule has 6 heteroatoms. The first-order chi connectivity index (χ1) is 10.1. The van der Waals surface area contributed by atoms with Crippen molar-refractivity contribution in [2.75, 3.05) is 26.2 Å². The van der Waals surface area contributed by atoms with Crippen molar-refractivity contribution in [1.29, 1.82) is 0 Å². The third kappa shape index (κ3) is 3.16. The van der Waals surface area contributed by atoms with Crippen LogP contribution >= 0.6 is 11.3 Å². The van der Waals surface area contributed by atoms with Gasteiger partial charge in [-0.05, 0) is 18.4 Å². The van der Waals surface area contributed by atoms with Gasteiger partial charge in [0.1, 0.15) is 5.76 Å². The molecule has 0 spiro atoms. The Morgan fingerprint density at radius 1 is 1.38 bits per heavy atom. The number of carbonyl (C=O) groups is 1. The molecule has 1 fully saturated rings. The summed E-state index contributed by atoms with van der Waals surface area (Å²) in [5.41, 5.74) is 0.995. The third-order valence-electron chi connectivity index (χ3n) is 3.82. The number of hydrogen-bond donors (Lipinski definition) is 0. The molecule has 2 aromatic heterocycles. The molecule has 0 unspecified atom stereocenters. The fourth-order valence-electron chi connectivity index (χ4n) is 2.51. The molecule has 0 bridgehead atoms. The first-order valence-corrected chi connectivity index (χ1v) is 7.99. The van der Waals surface area contributed by atoms with E-state index >= 15 is 0 Å². The monoisotopic (exact) mass is 305 g/mol. The predicted molar refractivity (Wildman–Crippen MR) is 82.1 cm³/mol. The molecule has 1 aliphatic heterocycles. The maximum absolute atomic E-state index is 11.3. The molecule has 0 saturated carbocycles. The van der Waals surface area contributed by atoms with E-state index in [0.717, 1.165) is 49.1 Å². The Kier molecular flexibility index (Phi) is 4.07. The summed E-state index contributed by atoms with van der Waals surface area (Å²) < 4.78 is 5.77. The Morgan fingerprint density at radius 2 is 2.14 bits per heavy atom. The number of oxazole rings is 1. The van der Waals surface area contributed by atoms with Crippen LogP contribution in [0.3, 0.4) is 0 Å². The van der Waals surface area contributed by atoms with E-state index in [-0.39, 0.29) is 5.91 Å². The second-order valence-electron chi connectivity index (χ2n) is 5.28. The van der Waals surface area contributed by atoms with Gasteiger partial charge in [-0.1, -0.05) is 6.07 Å². The highest BCUT2D eigenvalue weighted by Gasteiger charge is 2.21. The SMILES string of the molecule is CC(=O)N1CCN(Cc2nc(-c3cccs3)oc2C)CC1. The van der Waals surface area contributed by atoms with Gasteiger partial charge in [0, 0.05) is 39.6 Å². The highest BCUT2D eigenvalue weighted by molar-refractivity contribution is 7.13. The molecule has 0 radical (unpaired) electrons. The molecule has 1 amide bonds. The Balaban J connectivity index is 1.65. The van der Waals surface area contributed by atoms with Crippen LogP contribution in [0.1, 0.15) is 18.4 Å². The third-order valence-corrected chi connectivity index (χ3v) is 4.67. The average Bonchev–Trinajstić information content (AvgIpc) is 3.10. The smallest absolute Gasteiger partial charge is 0.236 e. The Hall–Kier alpha value is -1.66. The summed E-state index contributed by atoms with van der Waals surface area (Å²) in [5.74, 6) is 1.75. The van der Waals surface area contributed by atoms with Gasteiger partial charge >= 0.3 is 0 Å². The number of aromatic nitrogens is 1. The van der Waals surface area contributed by atoms with Gasteiger partial charge in [0.25, 0.3) is 0 Å². The van der Waals surface area contributed by atoms with E-state index in [9.17, 15) is 4.79 Å². The lowest BCUT2D eigenvalue weighted by atomic mass is 10.2. The quantitative estimate of drug-likeness (QED) is 0.873. The normalized spacial score (nSPS) is 16.4. The lowest BCUT2D eigenvalue weighted by Gasteiger charge is -2.33. The van der Waals surface area contributed by atoms with Gasteiger partial charge in [0.2, 0.25) is 11.8 Å². The minimum atomic E-state index is 0.159. The van der Waals surface area contributed by atoms with Crippen LogP contribution in [0.2, 0.25) is 0 Å². The van der Waals surface area contributed by atoms with Gasteiger partial charge in [-0.3, -0.25) is 9.69 Å². The summed E-state index contributed by atoms with van der Waals surface area (Å²) >= 11 is 1.63. The number of hydrogen-bond acceptors (Lipinski definition) is 5. The number of carbonyl (C=O) groups excluding carboxylic acids is 1. The second kappa shape index (κ2) is 5.99. The molecule has 0 aromatic carbocycles. The van der Waals surface area contributed by atoms with Crippen LogP contribution in [-0.4, -0.2) is 46.9 Å². The van der Waals surface area contributed by atoms with Gasteiger partial charge in [-0.2, -0.15) is 0 Å². The maximum Gasteiger partial charge on any atom is 0.236 e. The first kappa shape index (κ1) is 14.3. The highest BCUT2D eigenvalue weighted by atomic mass is 32.1. The standard InChI is InChI=1S/C15H19N3O2S/c1-11-13(16-15(20-11)14-4-3-9-21-14)10-17-5-7-18(8-6-17)12(2)19/h3-4,9H,5-8,10H2,1-2H3. The molecular weight excluding hydrogens is 286 g/mol. The van der Waals surface area contributed by atoms with E-state index < -0.39 is 0 Å². The van der Waals surface area contributed by atoms with Crippen molar-refractivity contribution in [2.45, 2.75) is 20.4 Å². The van der Waals surface area contributed by atoms with Crippen molar-refractivity contribution in [3.8, 4) is 10.8 Å². The number of amides is 1. The molecule has 112 valence electrons. The van der Waals surface area contributed by atoms with Crippen LogP contribution in [0.5, 0.6) is 0 Å². The van der Waals surface area contributed by atoms with E-state index in [1.807, 2.05) is 29.3 Å². The van der Waals surface area contributed by atoms with E-state index in [0.29, 0.717) is 5.89 Å². The largest absolute Gasteiger partial charge is 0.440 e. The van der Waals surface area contributed by atoms with Crippen LogP contribution in [-0.2, 0) is 11.3 Å². The van der Waals surface area contributed by atoms with E-state index in [1.54, 1.807) is 18.3 Å². The number of aryl methyl sites for hydroxylation is 1. The summed E-state index contributed by atoms with van der Waals surface area (Å²) in [5, 5.41) is 2.02. The summed E-state index contributed by atoms with van der Waals surface area (Å²) in [6.07, 6.45) is 0. The van der Waals surface area contributed by atoms with Crippen LogP contribution in [0.4, 0.5) is 0 Å². The number of piperazine rings is 1. The lowest BCUT2D eigenvalue weighted by Crippen LogP contribution is -2.47. The summed E-state index contributed by atoms with van der Waals surface area (Å²) in [6.45, 7) is 7.75. The first-order valence-electron chi connectivity index (χ1n) is 7.11. The van der Waals surface area contributed by atoms with Gasteiger partial charge in [-0.15, -0.1) is 11.3 Å². The van der Waals surface area contributed by atoms with Gasteiger partial charge in [-0.25, -0.2) is 4.98 Å². The van der Waals surface area contributed by atoms with Crippen molar-refractivity contribution < 1.29 is 9.21 Å². The molecule has 0 atom stereocenters. The van der Waals surface area contributed by atoms with Crippen molar-refractivity contribution in [3.05, 3.63) is 29.0 Å². The molecule has 1 saturated heterocycles. The number of thiophene rings is 1. The van der Waals surface area contributed by atoms with Crippen molar-refractivity contribution in [2.24, 2.45) is 0 Å². The minimum Gasteiger partial charge on any atom is -0.440 e. The summed E-state index contributed by atoms with van der Waals surface area (Å²) in [6, 6.07) is 4.02. The highest BCUT2D eigenvalue weighted by Crippen LogP contribution is 2.26. The number of rotatable bonds is 3. The van der Waals surface area contributed by atoms with Crippen molar-refractivity contribution >= 4 is 17.2 Å². The zero-order valence-electron chi connectivity index (χ0n) is 12.3. The fraction of sp³-hybridized carbons (Fsp3) is 0.467. The maximum atomic E-state index is 11.3. The van der Waals surface area contributed by atoms with Crippen LogP contribution in [0, 0.1) is 6.92 Å². The van der Waals surface area contributed by atoms with Crippen LogP contribution in [0.15, 0.2) is 21.9 Å². The van der Waals surface area contributed by atoms with Crippen LogP contribution in [0.25, 0.3) is 10.8 Å². The van der Waals surface area contributed by atoms with E-state index in [1.165, 1.54) is 0 Å². The van der Waals surface area contributed by atoms with Crippen molar-refractivity contribution in [3.63, 3.8) is 0 Å². The average molecular weight is 305 g/mol. The summed E-state index contributed by atoms with van der Waals surface area (Å²) in [4.78, 5) is 21.2. The minimum absolute atomic E-state index is 0.159. The van der Waals surface area contributed by atoms with Gasteiger partial charge < -0.3 is 9.32 Å². The second-order valence-corrected chi connectivity index (χ2v) is 6.23. The molecule has 1 aliphatic rings. The summed E-state index contributed by atoms with van der Waals surface area (Å²) in [7, 11) is 0. The molecule has 3 rings (SSSR count). The Bertz CT molecular complexity index is 613. The lowest BCUT2D eigenvalue weighted by molar-refractivity contribution is -0.130. The molecule has 0 aliphatic carbocycles. The molecule has 5 nitrogen and oxygen atoms in total. The zero-order valence-corrected chi connectivity index (χ0v) is 13.2. The van der Waals surface area contributed by atoms with Crippen LogP contribution < -0.4 is 0 Å². The Morgan fingerprint density at radius 3 is 2.76 bits per heavy atom. The molecular formula is C15H19N3O2S. The van der Waals surface area contributed by atoms with E-state index in [2.05, 4.69) is 9.88 Å². The van der Waals surface area contributed by atoms with E-state index in [4.69, 9.17) is 4.42 Å². The Labute approximate surface area is 128 Å². The van der Waals surface area contributed by atoms with Gasteiger partial charge in [0.15, 0.2) is 0 Å². The predicted octanol–water partition coefficient (Wildman–Crippen LogP) is 2.38. The molecule has 3 heterocycles. The fourth-order valence-corrected chi connectivity index (χ4v) is 3.16. The topological polar surface area (TPSA) is 49.6 Å². The van der Waals surface area contributed by atoms with Crippen molar-refractivity contribution in [1.82, 2.24) is 14.8 Å². The van der Waals surface area contributed by atoms with Gasteiger partial charge in [0.05, 0.1) is 10.6 Å².